The third kappa shape index (κ3) is 9.35. The van der Waals surface area contributed by atoms with Gasteiger partial charge in [-0.15, -0.1) is 0 Å². The molecule has 2 rings (SSSR count). The normalized spacial score (nSPS) is 17.5. The fourth-order valence-corrected chi connectivity index (χ4v) is 2.92. The number of amidine groups is 2. The Hall–Kier alpha value is -0.950. The molecule has 0 aliphatic carbocycles. The van der Waals surface area contributed by atoms with Gasteiger partial charge in [-0.25, -0.2) is 0 Å². The van der Waals surface area contributed by atoms with Gasteiger partial charge in [0.2, 0.25) is 11.7 Å². The van der Waals surface area contributed by atoms with Crippen LogP contribution in [-0.2, 0) is 9.09 Å². The Morgan fingerprint density at radius 1 is 0.960 bits per heavy atom. The molecule has 0 aromatic rings. The number of hydrogen-bond donors (Lipinski definition) is 0. The van der Waals surface area contributed by atoms with Crippen LogP contribution >= 0.6 is 7.82 Å². The lowest BCUT2D eigenvalue weighted by Gasteiger charge is -2.27. The van der Waals surface area contributed by atoms with Crippen LogP contribution in [0.25, 0.3) is 0 Å². The monoisotopic (exact) mass is 378 g/mol. The molecule has 2 aliphatic heterocycles. The molecule has 0 bridgehead atoms. The summed E-state index contributed by atoms with van der Waals surface area (Å²) in [6.45, 7) is 17.2. The van der Waals surface area contributed by atoms with Crippen molar-refractivity contribution in [2.45, 2.75) is 34.6 Å². The van der Waals surface area contributed by atoms with Crippen LogP contribution in [0.3, 0.4) is 0 Å². The minimum atomic E-state index is -4.67. The van der Waals surface area contributed by atoms with Crippen LogP contribution in [0.2, 0.25) is 0 Å². The highest BCUT2D eigenvalue weighted by Gasteiger charge is 2.22. The minimum absolute atomic E-state index is 0.0791. The zero-order valence-electron chi connectivity index (χ0n) is 16.8. The topological polar surface area (TPSA) is 84.9 Å². The van der Waals surface area contributed by atoms with E-state index in [0.29, 0.717) is 0 Å². The van der Waals surface area contributed by atoms with Gasteiger partial charge in [-0.05, 0) is 20.8 Å². The summed E-state index contributed by atoms with van der Waals surface area (Å²) in [6.07, 6.45) is 0. The largest absolute Gasteiger partial charge is 0.790 e. The number of hydrogen-bond acceptors (Lipinski definition) is 6. The minimum Gasteiger partial charge on any atom is -0.790 e. The maximum absolute atomic E-state index is 9.48. The van der Waals surface area contributed by atoms with Gasteiger partial charge in [0, 0.05) is 20.5 Å². The lowest BCUT2D eigenvalue weighted by molar-refractivity contribution is -0.487. The van der Waals surface area contributed by atoms with Crippen LogP contribution in [0, 0.1) is 0 Å². The predicted octanol–water partition coefficient (Wildman–Crippen LogP) is -0.383. The Kier molecular flexibility index (Phi) is 11.2. The van der Waals surface area contributed by atoms with Crippen molar-refractivity contribution in [2.75, 3.05) is 60.0 Å². The van der Waals surface area contributed by atoms with Gasteiger partial charge in [-0.1, -0.05) is 0 Å². The van der Waals surface area contributed by atoms with Gasteiger partial charge in [0.1, 0.15) is 26.2 Å². The first-order chi connectivity index (χ1) is 11.6. The number of nitrogens with zero attached hydrogens (tertiary/aromatic N) is 4. The molecule has 8 nitrogen and oxygen atoms in total. The summed E-state index contributed by atoms with van der Waals surface area (Å²) in [5.41, 5.74) is 0. The van der Waals surface area contributed by atoms with Crippen molar-refractivity contribution in [2.24, 2.45) is 0 Å². The van der Waals surface area contributed by atoms with E-state index in [-0.39, 0.29) is 6.61 Å². The zero-order chi connectivity index (χ0) is 19.6. The van der Waals surface area contributed by atoms with E-state index in [1.54, 1.807) is 0 Å². The average Bonchev–Trinajstić information content (AvgIpc) is 3.03. The molecular formula is C16H35N4O4P. The van der Waals surface area contributed by atoms with Crippen molar-refractivity contribution in [3.63, 3.8) is 0 Å². The first-order valence-corrected chi connectivity index (χ1v) is 10.3. The van der Waals surface area contributed by atoms with Gasteiger partial charge in [0.25, 0.3) is 0 Å². The van der Waals surface area contributed by atoms with Crippen molar-refractivity contribution >= 4 is 19.5 Å². The summed E-state index contributed by atoms with van der Waals surface area (Å²) in [5.74, 6) is 2.83. The fraction of sp³-hybridized carbons (Fsp3) is 0.875. The lowest BCUT2D eigenvalue weighted by atomic mass is 10.5. The Morgan fingerprint density at radius 2 is 1.32 bits per heavy atom. The molecule has 0 atom stereocenters. The molecule has 2 heterocycles. The maximum Gasteiger partial charge on any atom is 0.243 e. The van der Waals surface area contributed by atoms with E-state index >= 15 is 0 Å². The van der Waals surface area contributed by atoms with Gasteiger partial charge >= 0.3 is 0 Å². The number of phosphoric ester groups is 1. The van der Waals surface area contributed by atoms with Crippen LogP contribution in [0.1, 0.15) is 34.6 Å². The highest BCUT2D eigenvalue weighted by atomic mass is 31.2. The van der Waals surface area contributed by atoms with Crippen LogP contribution in [-0.4, -0.2) is 90.6 Å². The number of rotatable bonds is 4. The molecular weight excluding hydrogens is 343 g/mol. The van der Waals surface area contributed by atoms with Crippen molar-refractivity contribution in [3.8, 4) is 0 Å². The van der Waals surface area contributed by atoms with Gasteiger partial charge in [0.15, 0.2) is 0 Å². The zero-order valence-corrected chi connectivity index (χ0v) is 17.7. The second-order valence-electron chi connectivity index (χ2n) is 5.96. The molecule has 0 aromatic heterocycles. The van der Waals surface area contributed by atoms with Crippen molar-refractivity contribution in [1.29, 1.82) is 0 Å². The molecule has 2 aliphatic rings. The molecule has 25 heavy (non-hydrogen) atoms. The Labute approximate surface area is 152 Å². The molecule has 0 radical (unpaired) electrons. The standard InChI is InChI=1S/2C7H15N2.C2H7O4P/c2*1-4-9-6-5-8(3)7(9)2;1-2-6-7(3,4)5/h2*4-6H2,1-3H3;2H2,1H3,(H2,3,4,5)/q2*+1;/p-2. The van der Waals surface area contributed by atoms with E-state index < -0.39 is 7.82 Å². The summed E-state index contributed by atoms with van der Waals surface area (Å²) in [5, 5.41) is 0. The van der Waals surface area contributed by atoms with Crippen LogP contribution < -0.4 is 9.79 Å². The molecule has 0 spiro atoms. The average molecular weight is 378 g/mol. The SMILES string of the molecule is CCN1CC[N+](C)=C1C.CCN1CC[N+](C)=C1C.CCOP(=O)([O-])[O-]. The smallest absolute Gasteiger partial charge is 0.243 e. The molecule has 0 unspecified atom stereocenters. The van der Waals surface area contributed by atoms with E-state index in [9.17, 15) is 14.4 Å². The molecule has 0 saturated heterocycles. The van der Waals surface area contributed by atoms with Gasteiger partial charge < -0.3 is 18.9 Å². The molecule has 0 saturated carbocycles. The van der Waals surface area contributed by atoms with Crippen LogP contribution in [0.4, 0.5) is 0 Å². The van der Waals surface area contributed by atoms with Crippen LogP contribution in [0.5, 0.6) is 0 Å². The van der Waals surface area contributed by atoms with E-state index in [1.165, 1.54) is 44.8 Å². The van der Waals surface area contributed by atoms with Crippen molar-refractivity contribution in [3.05, 3.63) is 0 Å². The molecule has 9 heteroatoms. The fourth-order valence-electron chi connectivity index (χ4n) is 2.60. The summed E-state index contributed by atoms with van der Waals surface area (Å²) >= 11 is 0. The highest BCUT2D eigenvalue weighted by molar-refractivity contribution is 7.43. The highest BCUT2D eigenvalue weighted by Crippen LogP contribution is 2.23. The second kappa shape index (κ2) is 11.6. The molecule has 148 valence electrons. The Balaban J connectivity index is 0.000000350. The molecule has 0 fully saturated rings. The first kappa shape index (κ1) is 24.1. The third-order valence-corrected chi connectivity index (χ3v) is 5.06. The summed E-state index contributed by atoms with van der Waals surface area (Å²) < 4.78 is 17.7. The first-order valence-electron chi connectivity index (χ1n) is 8.83. The third-order valence-electron chi connectivity index (χ3n) is 4.48. The molecule has 0 aromatic carbocycles. The quantitative estimate of drug-likeness (QED) is 0.490. The van der Waals surface area contributed by atoms with E-state index in [1.807, 2.05) is 0 Å². The summed E-state index contributed by atoms with van der Waals surface area (Å²) in [4.78, 5) is 23.7. The number of phosphoric acid groups is 1. The van der Waals surface area contributed by atoms with Crippen LogP contribution in [0.15, 0.2) is 0 Å². The lowest BCUT2D eigenvalue weighted by Crippen LogP contribution is -2.25. The predicted molar refractivity (Wildman–Crippen MR) is 97.2 cm³/mol. The Morgan fingerprint density at radius 3 is 1.40 bits per heavy atom. The molecule has 0 amide bonds. The van der Waals surface area contributed by atoms with Gasteiger partial charge in [0.05, 0.1) is 35.0 Å². The molecule has 0 N–H and O–H groups in total. The maximum atomic E-state index is 9.48. The summed E-state index contributed by atoms with van der Waals surface area (Å²) in [6, 6.07) is 0. The van der Waals surface area contributed by atoms with E-state index in [2.05, 4.69) is 65.3 Å². The number of likely N-dealkylation sites (N-methyl/N-ethyl adjacent to an activating group) is 4. The van der Waals surface area contributed by atoms with Gasteiger partial charge in [-0.3, -0.25) is 19.0 Å². The summed E-state index contributed by atoms with van der Waals surface area (Å²) in [7, 11) is -0.378. The van der Waals surface area contributed by atoms with Crippen molar-refractivity contribution < 1.29 is 28.0 Å². The van der Waals surface area contributed by atoms with Crippen molar-refractivity contribution in [1.82, 2.24) is 9.80 Å². The Bertz CT molecular complexity index is 482. The van der Waals surface area contributed by atoms with E-state index in [4.69, 9.17) is 0 Å². The van der Waals surface area contributed by atoms with E-state index in [0.717, 1.165) is 13.1 Å². The van der Waals surface area contributed by atoms with Gasteiger partial charge in [-0.2, -0.15) is 0 Å². The second-order valence-corrected chi connectivity index (χ2v) is 7.11.